The molecule has 0 aliphatic heterocycles. The zero-order valence-electron chi connectivity index (χ0n) is 10.9. The molecule has 1 aromatic carbocycles. The molecule has 0 atom stereocenters. The molecule has 2 heterocycles. The minimum atomic E-state index is -0.466. The number of benzene rings is 1. The molecule has 0 saturated heterocycles. The maximum atomic E-state index is 13.1. The van der Waals surface area contributed by atoms with Crippen LogP contribution in [-0.4, -0.2) is 16.0 Å². The Balaban J connectivity index is 1.97. The van der Waals surface area contributed by atoms with Crippen molar-refractivity contribution >= 4 is 34.2 Å². The van der Waals surface area contributed by atoms with Crippen molar-refractivity contribution in [1.29, 1.82) is 0 Å². The molecule has 0 aliphatic carbocycles. The van der Waals surface area contributed by atoms with Gasteiger partial charge in [-0.2, -0.15) is 0 Å². The molecule has 0 unspecified atom stereocenters. The van der Waals surface area contributed by atoms with Gasteiger partial charge in [-0.1, -0.05) is 16.8 Å². The smallest absolute Gasteiger partial charge is 0.260 e. The van der Waals surface area contributed by atoms with Gasteiger partial charge in [-0.3, -0.25) is 4.79 Å². The predicted molar refractivity (Wildman–Crippen MR) is 75.9 cm³/mol. The number of nitrogens with zero attached hydrogens (tertiary/aromatic N) is 2. The first-order valence-corrected chi connectivity index (χ1v) is 6.41. The maximum absolute atomic E-state index is 13.1. The number of rotatable bonds is 2. The Morgan fingerprint density at radius 2 is 2.14 bits per heavy atom. The van der Waals surface area contributed by atoms with Crippen LogP contribution in [0.25, 0.3) is 10.9 Å². The van der Waals surface area contributed by atoms with E-state index in [-0.39, 0.29) is 16.5 Å². The highest BCUT2D eigenvalue weighted by Crippen LogP contribution is 2.22. The Morgan fingerprint density at radius 3 is 2.86 bits per heavy atom. The molecule has 0 radical (unpaired) electrons. The van der Waals surface area contributed by atoms with Gasteiger partial charge in [0.1, 0.15) is 16.7 Å². The lowest BCUT2D eigenvalue weighted by molar-refractivity contribution is 0.102. The number of carbonyl (C=O) groups is 1. The third kappa shape index (κ3) is 2.71. The van der Waals surface area contributed by atoms with Crippen molar-refractivity contribution in [3.05, 3.63) is 52.6 Å². The van der Waals surface area contributed by atoms with Crippen LogP contribution in [0.15, 0.2) is 34.9 Å². The first kappa shape index (κ1) is 13.5. The van der Waals surface area contributed by atoms with Crippen LogP contribution in [0.2, 0.25) is 5.15 Å². The molecule has 0 fully saturated rings. The number of aromatic nitrogens is 2. The van der Waals surface area contributed by atoms with Gasteiger partial charge in [0.25, 0.3) is 5.91 Å². The zero-order chi connectivity index (χ0) is 15.0. The van der Waals surface area contributed by atoms with Crippen molar-refractivity contribution in [2.75, 3.05) is 5.32 Å². The van der Waals surface area contributed by atoms with E-state index < -0.39 is 11.7 Å². The first-order chi connectivity index (χ1) is 10.0. The van der Waals surface area contributed by atoms with Gasteiger partial charge in [0.05, 0.1) is 11.1 Å². The van der Waals surface area contributed by atoms with Crippen molar-refractivity contribution in [2.45, 2.75) is 6.92 Å². The molecule has 1 N–H and O–H groups in total. The van der Waals surface area contributed by atoms with Crippen molar-refractivity contribution < 1.29 is 13.7 Å². The molecule has 0 saturated carbocycles. The van der Waals surface area contributed by atoms with Crippen LogP contribution in [0.4, 0.5) is 10.2 Å². The molecule has 21 heavy (non-hydrogen) atoms. The van der Waals surface area contributed by atoms with Crippen molar-refractivity contribution in [3.63, 3.8) is 0 Å². The summed E-state index contributed by atoms with van der Waals surface area (Å²) in [7, 11) is 0. The van der Waals surface area contributed by atoms with Crippen LogP contribution < -0.4 is 5.32 Å². The molecule has 0 spiro atoms. The fraction of sp³-hybridized carbons (Fsp3) is 0.0714. The number of nitrogens with one attached hydrogen (secondary N) is 1. The van der Waals surface area contributed by atoms with Crippen LogP contribution in [0.3, 0.4) is 0 Å². The Labute approximate surface area is 123 Å². The topological polar surface area (TPSA) is 68.0 Å². The van der Waals surface area contributed by atoms with Gasteiger partial charge in [0, 0.05) is 17.5 Å². The molecule has 7 heteroatoms. The van der Waals surface area contributed by atoms with Gasteiger partial charge >= 0.3 is 0 Å². The van der Waals surface area contributed by atoms with Gasteiger partial charge < -0.3 is 9.84 Å². The third-order valence-corrected chi connectivity index (χ3v) is 3.14. The predicted octanol–water partition coefficient (Wildman–Crippen LogP) is 3.58. The molecule has 5 nitrogen and oxygen atoms in total. The highest BCUT2D eigenvalue weighted by atomic mass is 35.5. The highest BCUT2D eigenvalue weighted by molar-refractivity contribution is 6.33. The van der Waals surface area contributed by atoms with Gasteiger partial charge in [0.2, 0.25) is 0 Å². The normalized spacial score (nSPS) is 10.8. The number of aryl methyl sites for hydroxylation is 1. The van der Waals surface area contributed by atoms with E-state index in [1.54, 1.807) is 19.1 Å². The summed E-state index contributed by atoms with van der Waals surface area (Å²) < 4.78 is 18.0. The van der Waals surface area contributed by atoms with Crippen LogP contribution in [-0.2, 0) is 0 Å². The number of pyridine rings is 1. The summed E-state index contributed by atoms with van der Waals surface area (Å²) >= 11 is 5.98. The first-order valence-electron chi connectivity index (χ1n) is 6.03. The quantitative estimate of drug-likeness (QED) is 0.735. The number of amides is 1. The fourth-order valence-corrected chi connectivity index (χ4v) is 2.12. The Kier molecular flexibility index (Phi) is 3.31. The van der Waals surface area contributed by atoms with E-state index in [0.717, 1.165) is 0 Å². The largest absolute Gasteiger partial charge is 0.360 e. The van der Waals surface area contributed by atoms with E-state index in [1.807, 2.05) is 0 Å². The number of carbonyl (C=O) groups excluding carboxylic acids is 1. The van der Waals surface area contributed by atoms with E-state index in [0.29, 0.717) is 16.7 Å². The van der Waals surface area contributed by atoms with Gasteiger partial charge in [-0.15, -0.1) is 0 Å². The zero-order valence-corrected chi connectivity index (χ0v) is 11.6. The summed E-state index contributed by atoms with van der Waals surface area (Å²) in [5.41, 5.74) is 0.560. The lowest BCUT2D eigenvalue weighted by Crippen LogP contribution is -2.13. The molecule has 0 aliphatic rings. The van der Waals surface area contributed by atoms with Gasteiger partial charge in [-0.25, -0.2) is 9.37 Å². The van der Waals surface area contributed by atoms with E-state index >= 15 is 0 Å². The number of halogens is 2. The van der Waals surface area contributed by atoms with Crippen LogP contribution in [0, 0.1) is 12.7 Å². The lowest BCUT2D eigenvalue weighted by atomic mass is 10.1. The minimum Gasteiger partial charge on any atom is -0.360 e. The summed E-state index contributed by atoms with van der Waals surface area (Å²) in [4.78, 5) is 16.2. The summed E-state index contributed by atoms with van der Waals surface area (Å²) in [6, 6.07) is 7.21. The maximum Gasteiger partial charge on any atom is 0.260 e. The fourth-order valence-electron chi connectivity index (χ4n) is 1.88. The average molecular weight is 306 g/mol. The second kappa shape index (κ2) is 5.14. The molecule has 1 amide bonds. The average Bonchev–Trinajstić information content (AvgIpc) is 2.83. The van der Waals surface area contributed by atoms with Crippen LogP contribution >= 0.6 is 11.6 Å². The summed E-state index contributed by atoms with van der Waals surface area (Å²) in [6.45, 7) is 1.71. The Hall–Kier alpha value is -2.47. The standard InChI is InChI=1S/C14H9ClFN3O2/c1-7-4-12(19-21-7)18-14(20)10-5-8-2-3-9(16)6-11(8)17-13(10)15/h2-6H,1H3,(H,18,19,20). The number of hydrogen-bond donors (Lipinski definition) is 1. The minimum absolute atomic E-state index is 0.00850. The Morgan fingerprint density at radius 1 is 1.33 bits per heavy atom. The molecule has 3 rings (SSSR count). The van der Waals surface area contributed by atoms with Crippen molar-refractivity contribution in [2.24, 2.45) is 0 Å². The summed E-state index contributed by atoms with van der Waals surface area (Å²) in [5, 5.41) is 6.82. The van der Waals surface area contributed by atoms with E-state index in [9.17, 15) is 9.18 Å². The number of fused-ring (bicyclic) bond motifs is 1. The molecular weight excluding hydrogens is 297 g/mol. The highest BCUT2D eigenvalue weighted by Gasteiger charge is 2.15. The third-order valence-electron chi connectivity index (χ3n) is 2.85. The van der Waals surface area contributed by atoms with E-state index in [2.05, 4.69) is 15.5 Å². The second-order valence-electron chi connectivity index (χ2n) is 4.44. The second-order valence-corrected chi connectivity index (χ2v) is 4.80. The molecular formula is C14H9ClFN3O2. The van der Waals surface area contributed by atoms with Gasteiger partial charge in [0.15, 0.2) is 5.82 Å². The van der Waals surface area contributed by atoms with Crippen LogP contribution in [0.5, 0.6) is 0 Å². The summed E-state index contributed by atoms with van der Waals surface area (Å²) in [5.74, 6) is -0.0235. The number of hydrogen-bond acceptors (Lipinski definition) is 4. The molecule has 3 aromatic rings. The molecule has 2 aromatic heterocycles. The lowest BCUT2D eigenvalue weighted by Gasteiger charge is -2.05. The SMILES string of the molecule is Cc1cc(NC(=O)c2cc3ccc(F)cc3nc2Cl)no1. The molecule has 0 bridgehead atoms. The molecule has 106 valence electrons. The Bertz CT molecular complexity index is 847. The van der Waals surface area contributed by atoms with Crippen molar-refractivity contribution in [1.82, 2.24) is 10.1 Å². The van der Waals surface area contributed by atoms with Crippen LogP contribution in [0.1, 0.15) is 16.1 Å². The van der Waals surface area contributed by atoms with E-state index in [1.165, 1.54) is 18.2 Å². The monoisotopic (exact) mass is 305 g/mol. The van der Waals surface area contributed by atoms with E-state index in [4.69, 9.17) is 16.1 Å². The summed E-state index contributed by atoms with van der Waals surface area (Å²) in [6.07, 6.45) is 0. The van der Waals surface area contributed by atoms with Crippen molar-refractivity contribution in [3.8, 4) is 0 Å². The van der Waals surface area contributed by atoms with Gasteiger partial charge in [-0.05, 0) is 25.1 Å². The number of anilines is 1.